The Morgan fingerprint density at radius 2 is 1.03 bits per heavy atom. The van der Waals surface area contributed by atoms with Crippen LogP contribution < -0.4 is 9.84 Å². The molecule has 0 aliphatic carbocycles. The number of carbonyl (C=O) groups excluding carboxylic acids is 3. The predicted molar refractivity (Wildman–Crippen MR) is 234 cm³/mol. The number of hydrogen-bond donors (Lipinski definition) is 1. The van der Waals surface area contributed by atoms with Gasteiger partial charge in [-0.05, 0) is 30.5 Å². The Labute approximate surface area is 356 Å². The van der Waals surface area contributed by atoms with E-state index >= 15 is 0 Å². The van der Waals surface area contributed by atoms with Gasteiger partial charge in [-0.3, -0.25) is 18.6 Å². The molecule has 2 rings (SSSR count). The maximum atomic E-state index is 13.9. The summed E-state index contributed by atoms with van der Waals surface area (Å²) in [4.78, 5) is 37.9. The fraction of sp³-hybridized carbons (Fsp3) is 0.681. The summed E-state index contributed by atoms with van der Waals surface area (Å²) in [6.45, 7) is 3.60. The van der Waals surface area contributed by atoms with Crippen molar-refractivity contribution in [2.75, 3.05) is 26.4 Å². The second-order valence-corrected chi connectivity index (χ2v) is 16.9. The molecule has 1 amide bonds. The van der Waals surface area contributed by atoms with Gasteiger partial charge in [0.2, 0.25) is 0 Å². The van der Waals surface area contributed by atoms with Gasteiger partial charge in [0.15, 0.2) is 6.10 Å². The maximum absolute atomic E-state index is 13.9. The second-order valence-electron chi connectivity index (χ2n) is 15.3. The zero-order chi connectivity index (χ0) is 42.5. The number of phosphoric acid groups is 1. The second kappa shape index (κ2) is 35.4. The van der Waals surface area contributed by atoms with Gasteiger partial charge in [-0.1, -0.05) is 191 Å². The van der Waals surface area contributed by atoms with Crippen LogP contribution in [0.15, 0.2) is 60.7 Å². The first-order valence-electron chi connectivity index (χ1n) is 22.8. The summed E-state index contributed by atoms with van der Waals surface area (Å²) in [7, 11) is -4.32. The highest BCUT2D eigenvalue weighted by Crippen LogP contribution is 2.49. The molecule has 59 heavy (non-hydrogen) atoms. The van der Waals surface area contributed by atoms with Crippen molar-refractivity contribution in [3.63, 3.8) is 0 Å². The number of amides is 1. The predicted octanol–water partition coefficient (Wildman–Crippen LogP) is 13.0. The number of para-hydroxylation sites is 1. The van der Waals surface area contributed by atoms with Gasteiger partial charge in [-0.2, -0.15) is 0 Å². The van der Waals surface area contributed by atoms with Gasteiger partial charge in [0.25, 0.3) is 0 Å². The number of nitrogens with one attached hydrogen (secondary N) is 1. The molecule has 0 fully saturated rings. The van der Waals surface area contributed by atoms with Crippen LogP contribution in [-0.4, -0.2) is 50.5 Å². The number of benzene rings is 2. The third-order valence-corrected chi connectivity index (χ3v) is 11.3. The van der Waals surface area contributed by atoms with Crippen LogP contribution in [0.25, 0.3) is 0 Å². The van der Waals surface area contributed by atoms with Gasteiger partial charge in [0, 0.05) is 19.4 Å². The molecule has 2 aromatic rings. The van der Waals surface area contributed by atoms with E-state index in [2.05, 4.69) is 19.2 Å². The highest BCUT2D eigenvalue weighted by Gasteiger charge is 2.32. The average molecular weight is 846 g/mol. The molecule has 1 unspecified atom stereocenters. The van der Waals surface area contributed by atoms with Crippen molar-refractivity contribution in [1.29, 1.82) is 0 Å². The molecule has 0 aliphatic heterocycles. The van der Waals surface area contributed by atoms with Crippen molar-refractivity contribution in [2.24, 2.45) is 0 Å². The van der Waals surface area contributed by atoms with Crippen molar-refractivity contribution >= 4 is 25.9 Å². The summed E-state index contributed by atoms with van der Waals surface area (Å²) in [6.07, 6.45) is 24.4. The quantitative estimate of drug-likeness (QED) is 0.0301. The normalized spacial score (nSPS) is 12.6. The molecule has 0 heterocycles. The summed E-state index contributed by atoms with van der Waals surface area (Å²) in [5.41, 5.74) is 0.835. The highest BCUT2D eigenvalue weighted by atomic mass is 31.2. The van der Waals surface area contributed by atoms with E-state index < -0.39 is 38.6 Å². The first kappa shape index (κ1) is 51.7. The molecule has 0 aliphatic rings. The molecule has 0 saturated heterocycles. The molecule has 0 bridgehead atoms. The molecule has 334 valence electrons. The lowest BCUT2D eigenvalue weighted by Gasteiger charge is -2.22. The van der Waals surface area contributed by atoms with Crippen LogP contribution in [0.2, 0.25) is 0 Å². The first-order valence-corrected chi connectivity index (χ1v) is 24.2. The van der Waals surface area contributed by atoms with Crippen LogP contribution in [0.1, 0.15) is 174 Å². The lowest BCUT2D eigenvalue weighted by molar-refractivity contribution is -0.161. The van der Waals surface area contributed by atoms with E-state index in [0.29, 0.717) is 6.42 Å². The number of rotatable bonds is 38. The fourth-order valence-electron chi connectivity index (χ4n) is 6.45. The minimum absolute atomic E-state index is 0.0485. The van der Waals surface area contributed by atoms with E-state index in [9.17, 15) is 18.9 Å². The Morgan fingerprint density at radius 1 is 0.559 bits per heavy atom. The Hall–Kier alpha value is -3.40. The number of ether oxygens (including phenoxy) is 3. The van der Waals surface area contributed by atoms with Crippen molar-refractivity contribution < 1.29 is 46.7 Å². The van der Waals surface area contributed by atoms with Crippen LogP contribution in [0.3, 0.4) is 0 Å². The molecule has 0 saturated carbocycles. The Morgan fingerprint density at radius 3 is 1.56 bits per heavy atom. The first-order chi connectivity index (χ1) is 28.8. The number of phosphoric ester groups is 1. The molecule has 12 heteroatoms. The molecular formula is C47H76NO10P. The lowest BCUT2D eigenvalue weighted by atomic mass is 10.1. The largest absolute Gasteiger partial charge is 0.530 e. The number of hydrogen-bond acceptors (Lipinski definition) is 10. The minimum atomic E-state index is -4.32. The minimum Gasteiger partial charge on any atom is -0.462 e. The third kappa shape index (κ3) is 29.5. The van der Waals surface area contributed by atoms with Gasteiger partial charge >= 0.3 is 25.9 Å². The summed E-state index contributed by atoms with van der Waals surface area (Å²) in [5, 5.41) is 2.56. The summed E-state index contributed by atoms with van der Waals surface area (Å²) >= 11 is 0. The molecule has 2 aromatic carbocycles. The van der Waals surface area contributed by atoms with E-state index in [4.69, 9.17) is 27.8 Å². The van der Waals surface area contributed by atoms with E-state index in [-0.39, 0.29) is 45.0 Å². The van der Waals surface area contributed by atoms with Crippen molar-refractivity contribution in [2.45, 2.75) is 181 Å². The van der Waals surface area contributed by atoms with E-state index in [1.165, 1.54) is 96.3 Å². The number of alkyl carbamates (subject to hydrolysis) is 1. The zero-order valence-electron chi connectivity index (χ0n) is 36.4. The zero-order valence-corrected chi connectivity index (χ0v) is 37.3. The van der Waals surface area contributed by atoms with Gasteiger partial charge in [-0.15, -0.1) is 0 Å². The summed E-state index contributed by atoms with van der Waals surface area (Å²) < 4.78 is 47.4. The van der Waals surface area contributed by atoms with E-state index in [1.807, 2.05) is 30.3 Å². The molecular weight excluding hydrogens is 769 g/mol. The number of unbranched alkanes of at least 4 members (excludes halogenated alkanes) is 20. The molecule has 11 nitrogen and oxygen atoms in total. The number of esters is 2. The number of carbonyl (C=O) groups is 3. The smallest absolute Gasteiger partial charge is 0.462 e. The van der Waals surface area contributed by atoms with Crippen molar-refractivity contribution in [3.8, 4) is 5.75 Å². The van der Waals surface area contributed by atoms with Gasteiger partial charge < -0.3 is 24.1 Å². The van der Waals surface area contributed by atoms with E-state index in [0.717, 1.165) is 44.1 Å². The van der Waals surface area contributed by atoms with Gasteiger partial charge in [0.05, 0.1) is 6.61 Å². The van der Waals surface area contributed by atoms with Gasteiger partial charge in [0.1, 0.15) is 25.6 Å². The molecule has 1 N–H and O–H groups in total. The van der Waals surface area contributed by atoms with Crippen LogP contribution in [-0.2, 0) is 44.0 Å². The van der Waals surface area contributed by atoms with Crippen molar-refractivity contribution in [3.05, 3.63) is 66.2 Å². The fourth-order valence-corrected chi connectivity index (χ4v) is 7.67. The average Bonchev–Trinajstić information content (AvgIpc) is 3.24. The molecule has 0 radical (unpaired) electrons. The Balaban J connectivity index is 1.88. The van der Waals surface area contributed by atoms with Crippen LogP contribution in [0.5, 0.6) is 5.75 Å². The summed E-state index contributed by atoms with van der Waals surface area (Å²) in [6, 6.07) is 17.6. The Bertz CT molecular complexity index is 1380. The standard InChI is InChI=1S/C47H76NO10P/c1-3-5-7-9-11-13-15-17-19-21-29-35-45(49)53-40-44(57-46(50)36-30-22-20-18-16-14-12-10-8-6-4-2)41-56-59(52,58-43-33-27-24-28-34-43)55-38-37-48-47(51)54-39-42-31-25-23-26-32-42/h23-28,31-34,44H,3-22,29-30,35-41H2,1-2H3,(H,48,51)/t44-,59?/m0/s1. The summed E-state index contributed by atoms with van der Waals surface area (Å²) in [5.74, 6) is -0.610. The lowest BCUT2D eigenvalue weighted by Crippen LogP contribution is -2.30. The Kier molecular flexibility index (Phi) is 31.0. The van der Waals surface area contributed by atoms with Crippen LogP contribution >= 0.6 is 7.82 Å². The third-order valence-electron chi connectivity index (χ3n) is 9.91. The molecule has 0 aromatic heterocycles. The molecule has 0 spiro atoms. The monoisotopic (exact) mass is 846 g/mol. The van der Waals surface area contributed by atoms with Gasteiger partial charge in [-0.25, -0.2) is 9.36 Å². The van der Waals surface area contributed by atoms with E-state index in [1.54, 1.807) is 30.3 Å². The van der Waals surface area contributed by atoms with Crippen LogP contribution in [0.4, 0.5) is 4.79 Å². The van der Waals surface area contributed by atoms with Crippen molar-refractivity contribution in [1.82, 2.24) is 5.32 Å². The molecule has 2 atom stereocenters. The van der Waals surface area contributed by atoms with Crippen LogP contribution in [0, 0.1) is 0 Å². The SMILES string of the molecule is CCCCCCCCCCCCCC(=O)OC[C@@H](COP(=O)(OCCNC(=O)OCc1ccccc1)Oc1ccccc1)OC(=O)CCCCCCCCCCCCC. The highest BCUT2D eigenvalue weighted by molar-refractivity contribution is 7.48. The maximum Gasteiger partial charge on any atom is 0.530 e. The topological polar surface area (TPSA) is 136 Å².